The number of rotatable bonds is 10. The minimum Gasteiger partial charge on any atom is -0.350 e. The molecule has 0 heterocycles. The third-order valence-corrected chi connectivity index (χ3v) is 9.29. The van der Waals surface area contributed by atoms with Gasteiger partial charge in [-0.2, -0.15) is 0 Å². The molecule has 0 radical (unpaired) electrons. The minimum absolute atomic E-state index is 0.0491. The lowest BCUT2D eigenvalue weighted by molar-refractivity contribution is -0.140. The first-order valence-corrected chi connectivity index (χ1v) is 15.9. The summed E-state index contributed by atoms with van der Waals surface area (Å²) in [7, 11) is -4.16. The maximum absolute atomic E-state index is 14.1. The maximum atomic E-state index is 14.1. The third kappa shape index (κ3) is 8.27. The van der Waals surface area contributed by atoms with Crippen molar-refractivity contribution in [3.05, 3.63) is 93.5 Å². The van der Waals surface area contributed by atoms with Crippen molar-refractivity contribution in [3.63, 3.8) is 0 Å². The number of sulfonamides is 1. The fourth-order valence-electron chi connectivity index (χ4n) is 4.30. The van der Waals surface area contributed by atoms with Crippen molar-refractivity contribution in [1.82, 2.24) is 10.2 Å². The maximum Gasteiger partial charge on any atom is 0.264 e. The largest absolute Gasteiger partial charge is 0.350 e. The predicted molar refractivity (Wildman–Crippen MR) is 171 cm³/mol. The van der Waals surface area contributed by atoms with Crippen LogP contribution in [0.15, 0.2) is 71.6 Å². The van der Waals surface area contributed by atoms with Crippen LogP contribution in [-0.2, 0) is 26.2 Å². The van der Waals surface area contributed by atoms with Gasteiger partial charge in [0.2, 0.25) is 11.8 Å². The molecule has 7 nitrogen and oxygen atoms in total. The highest BCUT2D eigenvalue weighted by atomic mass is 35.5. The molecule has 3 aromatic carbocycles. The Balaban J connectivity index is 2.09. The van der Waals surface area contributed by atoms with Gasteiger partial charge in [0.1, 0.15) is 12.6 Å². The molecular formula is C32H39Cl2N3O4S. The van der Waals surface area contributed by atoms with Crippen LogP contribution in [0.2, 0.25) is 10.0 Å². The molecule has 0 aliphatic rings. The number of halogens is 2. The van der Waals surface area contributed by atoms with Crippen LogP contribution >= 0.6 is 23.2 Å². The lowest BCUT2D eigenvalue weighted by Gasteiger charge is -2.34. The van der Waals surface area contributed by atoms with E-state index in [-0.39, 0.29) is 17.4 Å². The van der Waals surface area contributed by atoms with Crippen molar-refractivity contribution in [2.24, 2.45) is 0 Å². The number of hydrogen-bond acceptors (Lipinski definition) is 4. The van der Waals surface area contributed by atoms with E-state index in [1.54, 1.807) is 49.4 Å². The topological polar surface area (TPSA) is 86.8 Å². The Morgan fingerprint density at radius 3 is 1.93 bits per heavy atom. The van der Waals surface area contributed by atoms with Crippen LogP contribution in [-0.4, -0.2) is 43.3 Å². The average molecular weight is 633 g/mol. The van der Waals surface area contributed by atoms with Gasteiger partial charge < -0.3 is 10.2 Å². The highest BCUT2D eigenvalue weighted by Crippen LogP contribution is 2.29. The molecule has 2 amide bonds. The summed E-state index contributed by atoms with van der Waals surface area (Å²) in [6, 6.07) is 17.6. The van der Waals surface area contributed by atoms with E-state index < -0.39 is 40.0 Å². The number of hydrogen-bond donors (Lipinski definition) is 1. The van der Waals surface area contributed by atoms with E-state index in [1.165, 1.54) is 17.0 Å². The Morgan fingerprint density at radius 1 is 0.881 bits per heavy atom. The molecular weight excluding hydrogens is 593 g/mol. The Morgan fingerprint density at radius 2 is 1.43 bits per heavy atom. The summed E-state index contributed by atoms with van der Waals surface area (Å²) in [5.74, 6) is -0.750. The van der Waals surface area contributed by atoms with Crippen molar-refractivity contribution in [2.45, 2.75) is 77.4 Å². The highest BCUT2D eigenvalue weighted by molar-refractivity contribution is 7.92. The predicted octanol–water partition coefficient (Wildman–Crippen LogP) is 6.95. The molecule has 10 heteroatoms. The van der Waals surface area contributed by atoms with E-state index in [4.69, 9.17) is 23.2 Å². The van der Waals surface area contributed by atoms with Crippen LogP contribution in [0.5, 0.6) is 0 Å². The van der Waals surface area contributed by atoms with Crippen LogP contribution in [0.25, 0.3) is 0 Å². The van der Waals surface area contributed by atoms with Crippen LogP contribution in [0.4, 0.5) is 5.69 Å². The molecule has 0 saturated heterocycles. The second-order valence-electron chi connectivity index (χ2n) is 11.7. The molecule has 0 fully saturated rings. The summed E-state index contributed by atoms with van der Waals surface area (Å²) < 4.78 is 29.1. The summed E-state index contributed by atoms with van der Waals surface area (Å²) in [5, 5.41) is 3.56. The fourth-order valence-corrected chi connectivity index (χ4v) is 6.23. The number of benzene rings is 3. The number of amides is 2. The molecule has 3 aromatic rings. The van der Waals surface area contributed by atoms with Crippen molar-refractivity contribution < 1.29 is 18.0 Å². The van der Waals surface area contributed by atoms with E-state index in [9.17, 15) is 18.0 Å². The zero-order valence-corrected chi connectivity index (χ0v) is 27.4. The van der Waals surface area contributed by atoms with Gasteiger partial charge in [-0.3, -0.25) is 13.9 Å². The zero-order chi connectivity index (χ0) is 31.4. The SMILES string of the molecule is Cc1ccc(S(=O)(=O)N(CC(=O)N(Cc2c(Cl)cccc2Cl)[C@H](C)C(=O)NC(C)(C)C)c2ccc(C(C)C)cc2)cc1. The Bertz CT molecular complexity index is 1500. The van der Waals surface area contributed by atoms with E-state index in [0.717, 1.165) is 15.4 Å². The van der Waals surface area contributed by atoms with Gasteiger partial charge in [0.15, 0.2) is 0 Å². The van der Waals surface area contributed by atoms with Gasteiger partial charge in [0.25, 0.3) is 10.0 Å². The molecule has 226 valence electrons. The zero-order valence-electron chi connectivity index (χ0n) is 25.1. The van der Waals surface area contributed by atoms with Crippen molar-refractivity contribution >= 4 is 50.7 Å². The van der Waals surface area contributed by atoms with Gasteiger partial charge in [0.05, 0.1) is 10.6 Å². The molecule has 1 N–H and O–H groups in total. The standard InChI is InChI=1S/C32H39Cl2N3O4S/c1-21(2)24-13-15-25(16-14-24)37(42(40,41)26-17-11-22(3)12-18-26)20-30(38)36(23(4)31(39)35-32(5,6)7)19-27-28(33)9-8-10-29(27)34/h8-18,21,23H,19-20H2,1-7H3,(H,35,39)/t23-/m1/s1. The van der Waals surface area contributed by atoms with Gasteiger partial charge in [-0.25, -0.2) is 8.42 Å². The van der Waals surface area contributed by atoms with Gasteiger partial charge in [-0.15, -0.1) is 0 Å². The van der Waals surface area contributed by atoms with E-state index in [0.29, 0.717) is 21.3 Å². The van der Waals surface area contributed by atoms with Crippen molar-refractivity contribution in [2.75, 3.05) is 10.8 Å². The Kier molecular flexibility index (Phi) is 10.7. The number of nitrogens with one attached hydrogen (secondary N) is 1. The van der Waals surface area contributed by atoms with Crippen LogP contribution in [0.1, 0.15) is 64.2 Å². The lowest BCUT2D eigenvalue weighted by Crippen LogP contribution is -2.54. The highest BCUT2D eigenvalue weighted by Gasteiger charge is 2.34. The number of carbonyl (C=O) groups excluding carboxylic acids is 2. The second-order valence-corrected chi connectivity index (χ2v) is 14.4. The van der Waals surface area contributed by atoms with Crippen molar-refractivity contribution in [3.8, 4) is 0 Å². The average Bonchev–Trinajstić information content (AvgIpc) is 2.90. The molecule has 42 heavy (non-hydrogen) atoms. The number of anilines is 1. The van der Waals surface area contributed by atoms with Crippen LogP contribution < -0.4 is 9.62 Å². The van der Waals surface area contributed by atoms with Crippen LogP contribution in [0, 0.1) is 6.92 Å². The van der Waals surface area contributed by atoms with E-state index in [2.05, 4.69) is 5.32 Å². The van der Waals surface area contributed by atoms with Gasteiger partial charge in [-0.1, -0.05) is 72.9 Å². The number of nitrogens with zero attached hydrogens (tertiary/aromatic N) is 2. The molecule has 1 atom stereocenters. The minimum atomic E-state index is -4.16. The first-order valence-electron chi connectivity index (χ1n) is 13.7. The molecule has 3 rings (SSSR count). The van der Waals surface area contributed by atoms with Gasteiger partial charge >= 0.3 is 0 Å². The molecule has 0 spiro atoms. The summed E-state index contributed by atoms with van der Waals surface area (Å²) in [5.41, 5.74) is 2.16. The summed E-state index contributed by atoms with van der Waals surface area (Å²) in [6.07, 6.45) is 0. The number of carbonyl (C=O) groups is 2. The molecule has 0 bridgehead atoms. The Hall–Kier alpha value is -3.07. The molecule has 0 aliphatic heterocycles. The van der Waals surface area contributed by atoms with Gasteiger partial charge in [0, 0.05) is 27.7 Å². The first kappa shape index (κ1) is 33.4. The molecule has 0 unspecified atom stereocenters. The quantitative estimate of drug-likeness (QED) is 0.262. The fraction of sp³-hybridized carbons (Fsp3) is 0.375. The number of aryl methyl sites for hydroxylation is 1. The normalized spacial score (nSPS) is 12.6. The monoisotopic (exact) mass is 631 g/mol. The third-order valence-electron chi connectivity index (χ3n) is 6.79. The van der Waals surface area contributed by atoms with Crippen molar-refractivity contribution in [1.29, 1.82) is 0 Å². The van der Waals surface area contributed by atoms with Crippen LogP contribution in [0.3, 0.4) is 0 Å². The lowest BCUT2D eigenvalue weighted by atomic mass is 10.0. The van der Waals surface area contributed by atoms with E-state index >= 15 is 0 Å². The van der Waals surface area contributed by atoms with Gasteiger partial charge in [-0.05, 0) is 82.5 Å². The summed E-state index contributed by atoms with van der Waals surface area (Å²) in [4.78, 5) is 28.8. The summed E-state index contributed by atoms with van der Waals surface area (Å²) in [6.45, 7) is 12.4. The first-order chi connectivity index (χ1) is 19.5. The summed E-state index contributed by atoms with van der Waals surface area (Å²) >= 11 is 12.9. The second kappa shape index (κ2) is 13.5. The molecule has 0 saturated carbocycles. The smallest absolute Gasteiger partial charge is 0.264 e. The molecule has 0 aliphatic carbocycles. The molecule has 0 aromatic heterocycles. The van der Waals surface area contributed by atoms with E-state index in [1.807, 2.05) is 53.7 Å². The Labute approximate surface area is 259 Å².